The Kier molecular flexibility index (Phi) is 2.88. The van der Waals surface area contributed by atoms with E-state index in [2.05, 4.69) is 0 Å². The van der Waals surface area contributed by atoms with E-state index in [0.29, 0.717) is 5.39 Å². The molecule has 0 N–H and O–H groups in total. The van der Waals surface area contributed by atoms with E-state index >= 15 is 0 Å². The van der Waals surface area contributed by atoms with E-state index in [1.807, 2.05) is 20.8 Å². The van der Waals surface area contributed by atoms with Gasteiger partial charge >= 0.3 is 6.18 Å². The summed E-state index contributed by atoms with van der Waals surface area (Å²) in [5.41, 5.74) is 0.196. The summed E-state index contributed by atoms with van der Waals surface area (Å²) in [6, 6.07) is 9.48. The maximum atomic E-state index is 12.9. The molecule has 0 aliphatic rings. The van der Waals surface area contributed by atoms with E-state index in [1.165, 1.54) is 12.1 Å². The molecule has 0 nitrogen and oxygen atoms in total. The second-order valence-electron chi connectivity index (χ2n) is 5.45. The first-order valence-electron chi connectivity index (χ1n) is 5.80. The molecule has 0 bridgehead atoms. The summed E-state index contributed by atoms with van der Waals surface area (Å²) in [5.74, 6) is 0. The molecule has 18 heavy (non-hydrogen) atoms. The second-order valence-corrected chi connectivity index (χ2v) is 5.45. The molecular weight excluding hydrogens is 237 g/mol. The van der Waals surface area contributed by atoms with Crippen molar-refractivity contribution in [2.24, 2.45) is 0 Å². The van der Waals surface area contributed by atoms with Gasteiger partial charge in [-0.2, -0.15) is 13.2 Å². The van der Waals surface area contributed by atoms with Crippen LogP contribution in [0.2, 0.25) is 0 Å². The number of hydrogen-bond donors (Lipinski definition) is 0. The van der Waals surface area contributed by atoms with Crippen LogP contribution in [0.15, 0.2) is 36.4 Å². The third-order valence-electron chi connectivity index (χ3n) is 3.04. The minimum absolute atomic E-state index is 0.177. The lowest BCUT2D eigenvalue weighted by molar-refractivity contribution is -0.136. The summed E-state index contributed by atoms with van der Waals surface area (Å²) < 4.78 is 38.8. The molecule has 0 fully saturated rings. The van der Waals surface area contributed by atoms with Crippen LogP contribution in [0.4, 0.5) is 13.2 Å². The highest BCUT2D eigenvalue weighted by atomic mass is 19.4. The van der Waals surface area contributed by atoms with Gasteiger partial charge in [0.1, 0.15) is 0 Å². The first-order valence-corrected chi connectivity index (χ1v) is 5.80. The van der Waals surface area contributed by atoms with Gasteiger partial charge in [-0.05, 0) is 27.8 Å². The van der Waals surface area contributed by atoms with Gasteiger partial charge in [-0.25, -0.2) is 0 Å². The third-order valence-corrected chi connectivity index (χ3v) is 3.04. The molecule has 0 atom stereocenters. The largest absolute Gasteiger partial charge is 0.417 e. The predicted octanol–water partition coefficient (Wildman–Crippen LogP) is 5.16. The quantitative estimate of drug-likeness (QED) is 0.607. The molecule has 0 heterocycles. The second kappa shape index (κ2) is 4.01. The van der Waals surface area contributed by atoms with Gasteiger partial charge in [0.25, 0.3) is 0 Å². The summed E-state index contributed by atoms with van der Waals surface area (Å²) in [6.07, 6.45) is -4.31. The van der Waals surface area contributed by atoms with Crippen molar-refractivity contribution < 1.29 is 13.2 Å². The van der Waals surface area contributed by atoms with E-state index in [9.17, 15) is 13.2 Å². The van der Waals surface area contributed by atoms with Gasteiger partial charge in [-0.1, -0.05) is 51.1 Å². The minimum atomic E-state index is -4.31. The highest BCUT2D eigenvalue weighted by Gasteiger charge is 2.33. The van der Waals surface area contributed by atoms with Crippen LogP contribution in [-0.4, -0.2) is 0 Å². The maximum absolute atomic E-state index is 12.9. The molecule has 96 valence electrons. The molecular formula is C15H15F3. The molecule has 0 radical (unpaired) electrons. The highest BCUT2D eigenvalue weighted by molar-refractivity contribution is 5.89. The lowest BCUT2D eigenvalue weighted by Crippen LogP contribution is -2.14. The highest BCUT2D eigenvalue weighted by Crippen LogP contribution is 2.38. The fourth-order valence-electron chi connectivity index (χ4n) is 2.20. The Morgan fingerprint density at radius 3 is 1.61 bits per heavy atom. The van der Waals surface area contributed by atoms with Crippen molar-refractivity contribution in [1.29, 1.82) is 0 Å². The van der Waals surface area contributed by atoms with Gasteiger partial charge in [0.2, 0.25) is 0 Å². The Balaban J connectivity index is 2.83. The predicted molar refractivity (Wildman–Crippen MR) is 67.7 cm³/mol. The van der Waals surface area contributed by atoms with Gasteiger partial charge in [-0.15, -0.1) is 0 Å². The van der Waals surface area contributed by atoms with Gasteiger partial charge in [-0.3, -0.25) is 0 Å². The zero-order chi connectivity index (χ0) is 13.6. The first kappa shape index (κ1) is 12.9. The normalized spacial score (nSPS) is 13.0. The third kappa shape index (κ3) is 2.22. The van der Waals surface area contributed by atoms with Crippen LogP contribution < -0.4 is 0 Å². The van der Waals surface area contributed by atoms with Crippen LogP contribution in [-0.2, 0) is 11.6 Å². The zero-order valence-corrected chi connectivity index (χ0v) is 10.6. The van der Waals surface area contributed by atoms with Crippen LogP contribution in [0, 0.1) is 0 Å². The van der Waals surface area contributed by atoms with E-state index in [-0.39, 0.29) is 10.8 Å². The maximum Gasteiger partial charge on any atom is 0.417 e. The number of fused-ring (bicyclic) bond motifs is 1. The molecule has 0 saturated carbocycles. The Bertz CT molecular complexity index is 522. The first-order chi connectivity index (χ1) is 8.21. The van der Waals surface area contributed by atoms with Gasteiger partial charge in [0.15, 0.2) is 0 Å². The Morgan fingerprint density at radius 1 is 0.722 bits per heavy atom. The van der Waals surface area contributed by atoms with Crippen molar-refractivity contribution in [2.75, 3.05) is 0 Å². The Hall–Kier alpha value is -1.51. The number of halogens is 3. The molecule has 0 saturated heterocycles. The Labute approximate surface area is 104 Å². The topological polar surface area (TPSA) is 0 Å². The summed E-state index contributed by atoms with van der Waals surface area (Å²) in [5, 5.41) is 0.956. The van der Waals surface area contributed by atoms with Gasteiger partial charge in [0, 0.05) is 0 Å². The van der Waals surface area contributed by atoms with Crippen LogP contribution in [0.5, 0.6) is 0 Å². The number of alkyl halides is 3. The summed E-state index contributed by atoms with van der Waals surface area (Å²) in [4.78, 5) is 0. The molecule has 3 heteroatoms. The van der Waals surface area contributed by atoms with E-state index in [4.69, 9.17) is 0 Å². The summed E-state index contributed by atoms with van der Waals surface area (Å²) in [7, 11) is 0. The van der Waals surface area contributed by atoms with E-state index in [1.54, 1.807) is 24.3 Å². The van der Waals surface area contributed by atoms with E-state index < -0.39 is 11.7 Å². The zero-order valence-electron chi connectivity index (χ0n) is 10.6. The van der Waals surface area contributed by atoms with Crippen molar-refractivity contribution in [2.45, 2.75) is 32.4 Å². The standard InChI is InChI=1S/C15H15F3/c1-14(2,3)12-8-9-13(15(16,17)18)11-7-5-4-6-10(11)12/h4-9H,1-3H3. The molecule has 0 aliphatic heterocycles. The average molecular weight is 252 g/mol. The van der Waals surface area contributed by atoms with Gasteiger partial charge in [0.05, 0.1) is 5.56 Å². The van der Waals surface area contributed by atoms with Crippen molar-refractivity contribution >= 4 is 10.8 Å². The van der Waals surface area contributed by atoms with E-state index in [0.717, 1.165) is 5.56 Å². The number of hydrogen-bond acceptors (Lipinski definition) is 0. The van der Waals surface area contributed by atoms with Gasteiger partial charge < -0.3 is 0 Å². The summed E-state index contributed by atoms with van der Waals surface area (Å²) in [6.45, 7) is 6.01. The van der Waals surface area contributed by atoms with Crippen LogP contribution in [0.3, 0.4) is 0 Å². The van der Waals surface area contributed by atoms with Crippen molar-refractivity contribution in [3.05, 3.63) is 47.5 Å². The smallest absolute Gasteiger partial charge is 0.166 e. The van der Waals surface area contributed by atoms with Crippen molar-refractivity contribution in [1.82, 2.24) is 0 Å². The van der Waals surface area contributed by atoms with Crippen molar-refractivity contribution in [3.63, 3.8) is 0 Å². The average Bonchev–Trinajstić information content (AvgIpc) is 2.24. The molecule has 2 rings (SSSR count). The number of benzene rings is 2. The van der Waals surface area contributed by atoms with Crippen LogP contribution in [0.25, 0.3) is 10.8 Å². The number of rotatable bonds is 0. The van der Waals surface area contributed by atoms with Crippen molar-refractivity contribution in [3.8, 4) is 0 Å². The lowest BCUT2D eigenvalue weighted by Gasteiger charge is -2.23. The SMILES string of the molecule is CC(C)(C)c1ccc(C(F)(F)F)c2ccccc12. The summed E-state index contributed by atoms with van der Waals surface area (Å²) >= 11 is 0. The van der Waals surface area contributed by atoms with Crippen LogP contribution >= 0.6 is 0 Å². The molecule has 0 unspecified atom stereocenters. The fourth-order valence-corrected chi connectivity index (χ4v) is 2.20. The monoisotopic (exact) mass is 252 g/mol. The molecule has 0 aromatic heterocycles. The minimum Gasteiger partial charge on any atom is -0.166 e. The molecule has 0 spiro atoms. The molecule has 0 amide bonds. The lowest BCUT2D eigenvalue weighted by atomic mass is 9.82. The fraction of sp³-hybridized carbons (Fsp3) is 0.333. The van der Waals surface area contributed by atoms with Crippen LogP contribution in [0.1, 0.15) is 31.9 Å². The molecule has 2 aromatic carbocycles. The Morgan fingerprint density at radius 2 is 1.17 bits per heavy atom. The molecule has 2 aromatic rings. The molecule has 0 aliphatic carbocycles.